The van der Waals surface area contributed by atoms with E-state index < -0.39 is 0 Å². The highest BCUT2D eigenvalue weighted by atomic mass is 32.2. The molecule has 0 aliphatic carbocycles. The summed E-state index contributed by atoms with van der Waals surface area (Å²) < 4.78 is 0. The Kier molecular flexibility index (Phi) is 6.20. The number of hydrogen-bond donors (Lipinski definition) is 0. The summed E-state index contributed by atoms with van der Waals surface area (Å²) in [7, 11) is 4.25. The van der Waals surface area contributed by atoms with Crippen molar-refractivity contribution in [1.82, 2.24) is 4.90 Å². The van der Waals surface area contributed by atoms with Gasteiger partial charge in [-0.2, -0.15) is 5.10 Å². The number of amidine groups is 1. The van der Waals surface area contributed by atoms with Crippen LogP contribution in [0.3, 0.4) is 0 Å². The van der Waals surface area contributed by atoms with Crippen molar-refractivity contribution in [2.45, 2.75) is 17.5 Å². The first-order chi connectivity index (χ1) is 16.2. The molecule has 2 aliphatic rings. The van der Waals surface area contributed by atoms with E-state index in [2.05, 4.69) is 114 Å². The molecule has 0 saturated heterocycles. The van der Waals surface area contributed by atoms with Gasteiger partial charge in [-0.15, -0.1) is 11.8 Å². The van der Waals surface area contributed by atoms with Crippen molar-refractivity contribution in [3.63, 3.8) is 0 Å². The molecule has 0 spiro atoms. The normalized spacial score (nSPS) is 17.4. The van der Waals surface area contributed by atoms with E-state index in [0.717, 1.165) is 35.8 Å². The van der Waals surface area contributed by atoms with Crippen LogP contribution < -0.4 is 9.91 Å². The van der Waals surface area contributed by atoms with Crippen LogP contribution in [0.15, 0.2) is 93.9 Å². The Hall–Kier alpha value is -3.09. The third-order valence-electron chi connectivity index (χ3n) is 6.08. The van der Waals surface area contributed by atoms with E-state index in [4.69, 9.17) is 10.1 Å². The Morgan fingerprint density at radius 2 is 1.70 bits per heavy atom. The highest BCUT2D eigenvalue weighted by molar-refractivity contribution is 7.98. The molecule has 0 N–H and O–H groups in total. The van der Waals surface area contributed by atoms with Crippen LogP contribution in [0.25, 0.3) is 0 Å². The number of rotatable bonds is 6. The Bertz CT molecular complexity index is 1170. The number of benzene rings is 3. The van der Waals surface area contributed by atoms with Crippen LogP contribution in [0, 0.1) is 0 Å². The molecule has 2 heterocycles. The van der Waals surface area contributed by atoms with Gasteiger partial charge < -0.3 is 9.80 Å². The van der Waals surface area contributed by atoms with Crippen LogP contribution in [0.1, 0.15) is 17.5 Å². The molecule has 0 bridgehead atoms. The van der Waals surface area contributed by atoms with Gasteiger partial charge in [0.05, 0.1) is 23.6 Å². The fraction of sp³-hybridized carbons (Fsp3) is 0.259. The molecule has 3 aromatic carbocycles. The topological polar surface area (TPSA) is 34.4 Å². The van der Waals surface area contributed by atoms with Crippen molar-refractivity contribution in [1.29, 1.82) is 0 Å². The van der Waals surface area contributed by atoms with Crippen molar-refractivity contribution in [2.24, 2.45) is 10.1 Å². The summed E-state index contributed by atoms with van der Waals surface area (Å²) in [5, 5.41) is 7.29. The number of para-hydroxylation sites is 1. The first kappa shape index (κ1) is 21.7. The Morgan fingerprint density at radius 1 is 0.970 bits per heavy atom. The van der Waals surface area contributed by atoms with E-state index in [1.807, 2.05) is 0 Å². The van der Waals surface area contributed by atoms with Gasteiger partial charge in [-0.05, 0) is 50.7 Å². The number of thioether (sulfide) groups is 1. The number of aliphatic imine (C=N–C) groups is 1. The Morgan fingerprint density at radius 3 is 2.39 bits per heavy atom. The molecular formula is C27H29N5S. The summed E-state index contributed by atoms with van der Waals surface area (Å²) in [6, 6.07) is 27.7. The lowest BCUT2D eigenvalue weighted by Crippen LogP contribution is -2.44. The molecule has 0 fully saturated rings. The Labute approximate surface area is 200 Å². The molecule has 33 heavy (non-hydrogen) atoms. The van der Waals surface area contributed by atoms with Crippen LogP contribution in [0.5, 0.6) is 0 Å². The van der Waals surface area contributed by atoms with Gasteiger partial charge in [-0.3, -0.25) is 4.99 Å². The first-order valence-corrected chi connectivity index (χ1v) is 12.5. The molecule has 168 valence electrons. The number of anilines is 2. The van der Waals surface area contributed by atoms with E-state index in [1.165, 1.54) is 16.1 Å². The third-order valence-corrected chi connectivity index (χ3v) is 6.81. The second-order valence-electron chi connectivity index (χ2n) is 8.55. The zero-order chi connectivity index (χ0) is 22.8. The van der Waals surface area contributed by atoms with Gasteiger partial charge in [-0.25, -0.2) is 5.01 Å². The SMILES string of the molecule is CSc1ccc2c(c1)C(c1ccccc1)=NCC1=NN(c3ccccc3)C(CCN(C)C)N12. The monoisotopic (exact) mass is 455 g/mol. The molecule has 1 atom stereocenters. The molecule has 0 saturated carbocycles. The molecule has 0 aromatic heterocycles. The molecular weight excluding hydrogens is 426 g/mol. The van der Waals surface area contributed by atoms with E-state index in [9.17, 15) is 0 Å². The van der Waals surface area contributed by atoms with Crippen LogP contribution in [-0.2, 0) is 0 Å². The summed E-state index contributed by atoms with van der Waals surface area (Å²) in [4.78, 5) is 11.0. The standard InChI is InChI=1S/C27H29N5S/c1-30(2)17-16-26-31-24-15-14-22(33-3)18-23(24)27(20-10-6-4-7-11-20)28-19-25(31)29-32(26)21-12-8-5-9-13-21/h4-15,18,26H,16-17,19H2,1-3H3. The van der Waals surface area contributed by atoms with Gasteiger partial charge in [0.2, 0.25) is 0 Å². The van der Waals surface area contributed by atoms with Crippen molar-refractivity contribution < 1.29 is 0 Å². The lowest BCUT2D eigenvalue weighted by Gasteiger charge is -2.33. The second-order valence-corrected chi connectivity index (χ2v) is 9.43. The number of hydrogen-bond acceptors (Lipinski definition) is 6. The smallest absolute Gasteiger partial charge is 0.153 e. The van der Waals surface area contributed by atoms with Crippen molar-refractivity contribution in [2.75, 3.05) is 43.3 Å². The average molecular weight is 456 g/mol. The number of nitrogens with zero attached hydrogens (tertiary/aromatic N) is 5. The van der Waals surface area contributed by atoms with Crippen LogP contribution >= 0.6 is 11.8 Å². The third kappa shape index (κ3) is 4.28. The van der Waals surface area contributed by atoms with Gasteiger partial charge in [-0.1, -0.05) is 48.5 Å². The largest absolute Gasteiger partial charge is 0.309 e. The first-order valence-electron chi connectivity index (χ1n) is 11.3. The summed E-state index contributed by atoms with van der Waals surface area (Å²) >= 11 is 1.76. The maximum atomic E-state index is 5.11. The fourth-order valence-corrected chi connectivity index (χ4v) is 4.92. The van der Waals surface area contributed by atoms with E-state index in [0.29, 0.717) is 6.54 Å². The molecule has 6 heteroatoms. The maximum absolute atomic E-state index is 5.11. The van der Waals surface area contributed by atoms with Gasteiger partial charge in [0.25, 0.3) is 0 Å². The predicted octanol–water partition coefficient (Wildman–Crippen LogP) is 5.18. The summed E-state index contributed by atoms with van der Waals surface area (Å²) in [6.07, 6.45) is 3.17. The molecule has 1 unspecified atom stereocenters. The highest BCUT2D eigenvalue weighted by Gasteiger charge is 2.38. The highest BCUT2D eigenvalue weighted by Crippen LogP contribution is 2.37. The van der Waals surface area contributed by atoms with Gasteiger partial charge >= 0.3 is 0 Å². The summed E-state index contributed by atoms with van der Waals surface area (Å²) in [6.45, 7) is 1.52. The molecule has 5 rings (SSSR count). The lowest BCUT2D eigenvalue weighted by molar-refractivity contribution is 0.380. The summed E-state index contributed by atoms with van der Waals surface area (Å²) in [5.41, 5.74) is 5.63. The molecule has 0 amide bonds. The van der Waals surface area contributed by atoms with Crippen molar-refractivity contribution >= 4 is 34.7 Å². The van der Waals surface area contributed by atoms with Gasteiger partial charge in [0.1, 0.15) is 6.17 Å². The lowest BCUT2D eigenvalue weighted by atomic mass is 10.00. The minimum absolute atomic E-state index is 0.0917. The van der Waals surface area contributed by atoms with Crippen LogP contribution in [-0.4, -0.2) is 56.1 Å². The average Bonchev–Trinajstić information content (AvgIpc) is 3.14. The zero-order valence-electron chi connectivity index (χ0n) is 19.3. The maximum Gasteiger partial charge on any atom is 0.153 e. The van der Waals surface area contributed by atoms with E-state index in [-0.39, 0.29) is 6.17 Å². The van der Waals surface area contributed by atoms with E-state index >= 15 is 0 Å². The number of fused-ring (bicyclic) bond motifs is 3. The van der Waals surface area contributed by atoms with Gasteiger partial charge in [0, 0.05) is 29.0 Å². The zero-order valence-corrected chi connectivity index (χ0v) is 20.2. The Balaban J connectivity index is 1.65. The van der Waals surface area contributed by atoms with Crippen LogP contribution in [0.2, 0.25) is 0 Å². The molecule has 2 aliphatic heterocycles. The second kappa shape index (κ2) is 9.41. The van der Waals surface area contributed by atoms with Crippen molar-refractivity contribution in [3.8, 4) is 0 Å². The molecule has 5 nitrogen and oxygen atoms in total. The molecule has 0 radical (unpaired) electrons. The molecule has 3 aromatic rings. The predicted molar refractivity (Wildman–Crippen MR) is 141 cm³/mol. The quantitative estimate of drug-likeness (QED) is 0.480. The van der Waals surface area contributed by atoms with Crippen molar-refractivity contribution in [3.05, 3.63) is 90.0 Å². The van der Waals surface area contributed by atoms with E-state index in [1.54, 1.807) is 11.8 Å². The van der Waals surface area contributed by atoms with Crippen LogP contribution in [0.4, 0.5) is 11.4 Å². The minimum atomic E-state index is 0.0917. The fourth-order valence-electron chi connectivity index (χ4n) is 4.48. The summed E-state index contributed by atoms with van der Waals surface area (Å²) in [5.74, 6) is 0.992. The van der Waals surface area contributed by atoms with Gasteiger partial charge in [0.15, 0.2) is 5.84 Å². The number of hydrazone groups is 1. The minimum Gasteiger partial charge on any atom is -0.309 e.